The van der Waals surface area contributed by atoms with Crippen LogP contribution in [0.5, 0.6) is 17.2 Å². The van der Waals surface area contributed by atoms with Gasteiger partial charge in [-0.05, 0) is 36.2 Å². The van der Waals surface area contributed by atoms with Gasteiger partial charge in [-0.2, -0.15) is 0 Å². The van der Waals surface area contributed by atoms with Gasteiger partial charge in [0.25, 0.3) is 5.56 Å². The Morgan fingerprint density at radius 2 is 1.88 bits per heavy atom. The molecule has 1 N–H and O–H groups in total. The summed E-state index contributed by atoms with van der Waals surface area (Å²) in [6, 6.07) is 9.38. The van der Waals surface area contributed by atoms with Gasteiger partial charge in [-0.25, -0.2) is 13.5 Å². The largest absolute Gasteiger partial charge is 0.760 e. The zero-order chi connectivity index (χ0) is 24.2. The van der Waals surface area contributed by atoms with E-state index in [4.69, 9.17) is 14.2 Å². The third-order valence-electron chi connectivity index (χ3n) is 5.17. The maximum absolute atomic E-state index is 14.3. The molecule has 1 aliphatic heterocycles. The van der Waals surface area contributed by atoms with Crippen molar-refractivity contribution < 1.29 is 31.8 Å². The van der Waals surface area contributed by atoms with Crippen LogP contribution >= 0.6 is 0 Å². The number of ether oxygens (including phenoxy) is 3. The van der Waals surface area contributed by atoms with Crippen LogP contribution in [0.15, 0.2) is 53.5 Å². The van der Waals surface area contributed by atoms with Crippen molar-refractivity contribution >= 4 is 11.3 Å². The first-order valence-corrected chi connectivity index (χ1v) is 11.4. The van der Waals surface area contributed by atoms with Crippen LogP contribution < -0.4 is 19.8 Å². The number of rotatable bonds is 9. The smallest absolute Gasteiger partial charge is 0.254 e. The number of aryl methyl sites for hydroxylation is 1. The maximum atomic E-state index is 14.3. The summed E-state index contributed by atoms with van der Waals surface area (Å²) in [5, 5.41) is 0. The predicted molar refractivity (Wildman–Crippen MR) is 119 cm³/mol. The number of aromatic nitrogens is 1. The molecular weight excluding hydrogens is 470 g/mol. The highest BCUT2D eigenvalue weighted by atomic mass is 32.2. The van der Waals surface area contributed by atoms with Gasteiger partial charge in [-0.1, -0.05) is 6.07 Å². The minimum absolute atomic E-state index is 0.165. The number of hydrogen-bond donors (Lipinski definition) is 1. The monoisotopic (exact) mass is 491 g/mol. The second-order valence-corrected chi connectivity index (χ2v) is 8.42. The standard InChI is InChI=1S/C23H22F2N2O6S/c1-27-11-18(22(10-23(27)28)32-16-12-31-13-16)17-8-14(6-7-26-34(29)30)2-4-20(17)33-21-5-3-15(24)9-19(21)25/h2-5,8-11,16,26H,6-7,12-13H2,1H3,(H,29,30)/p-1. The molecule has 1 saturated heterocycles. The minimum Gasteiger partial charge on any atom is -0.760 e. The summed E-state index contributed by atoms with van der Waals surface area (Å²) in [6.45, 7) is 0.937. The van der Waals surface area contributed by atoms with Gasteiger partial charge < -0.3 is 23.3 Å². The molecule has 1 unspecified atom stereocenters. The molecule has 4 rings (SSSR count). The average molecular weight is 491 g/mol. The molecule has 3 aromatic rings. The lowest BCUT2D eigenvalue weighted by molar-refractivity contribution is -0.0795. The van der Waals surface area contributed by atoms with Crippen molar-refractivity contribution in [3.63, 3.8) is 0 Å². The molecule has 0 radical (unpaired) electrons. The van der Waals surface area contributed by atoms with E-state index < -0.39 is 22.9 Å². The Morgan fingerprint density at radius 1 is 1.12 bits per heavy atom. The Bertz CT molecular complexity index is 1280. The van der Waals surface area contributed by atoms with E-state index in [1.54, 1.807) is 31.4 Å². The van der Waals surface area contributed by atoms with Crippen molar-refractivity contribution in [3.05, 3.63) is 76.2 Å². The maximum Gasteiger partial charge on any atom is 0.254 e. The molecule has 0 spiro atoms. The fourth-order valence-corrected chi connectivity index (χ4v) is 3.63. The van der Waals surface area contributed by atoms with Crippen LogP contribution in [0.3, 0.4) is 0 Å². The molecule has 0 amide bonds. The molecule has 8 nitrogen and oxygen atoms in total. The van der Waals surface area contributed by atoms with E-state index in [9.17, 15) is 22.3 Å². The Morgan fingerprint density at radius 3 is 2.56 bits per heavy atom. The van der Waals surface area contributed by atoms with Gasteiger partial charge in [0.1, 0.15) is 23.4 Å². The first-order chi connectivity index (χ1) is 16.3. The second kappa shape index (κ2) is 10.4. The number of halogens is 2. The summed E-state index contributed by atoms with van der Waals surface area (Å²) < 4.78 is 69.8. The topological polar surface area (TPSA) is 102 Å². The summed E-state index contributed by atoms with van der Waals surface area (Å²) in [5.41, 5.74) is 1.46. The third kappa shape index (κ3) is 5.68. The summed E-state index contributed by atoms with van der Waals surface area (Å²) in [7, 11) is 1.58. The van der Waals surface area contributed by atoms with Crippen LogP contribution in [-0.4, -0.2) is 39.2 Å². The number of benzene rings is 2. The second-order valence-electron chi connectivity index (χ2n) is 7.66. The fraction of sp³-hybridized carbons (Fsp3) is 0.261. The van der Waals surface area contributed by atoms with Crippen molar-refractivity contribution in [2.24, 2.45) is 7.05 Å². The molecule has 180 valence electrons. The van der Waals surface area contributed by atoms with Crippen molar-refractivity contribution in [1.29, 1.82) is 0 Å². The van der Waals surface area contributed by atoms with Gasteiger partial charge in [0, 0.05) is 54.3 Å². The Hall–Kier alpha value is -3.12. The number of nitrogens with zero attached hydrogens (tertiary/aromatic N) is 1. The van der Waals surface area contributed by atoms with Crippen LogP contribution in [0.1, 0.15) is 5.56 Å². The molecule has 1 fully saturated rings. The van der Waals surface area contributed by atoms with Gasteiger partial charge in [0.05, 0.1) is 13.2 Å². The highest BCUT2D eigenvalue weighted by Gasteiger charge is 2.24. The lowest BCUT2D eigenvalue weighted by Gasteiger charge is -2.28. The van der Waals surface area contributed by atoms with Gasteiger partial charge in [0.2, 0.25) is 0 Å². The fourth-order valence-electron chi connectivity index (χ4n) is 3.36. The summed E-state index contributed by atoms with van der Waals surface area (Å²) >= 11 is -2.39. The molecule has 1 atom stereocenters. The summed E-state index contributed by atoms with van der Waals surface area (Å²) in [6.07, 6.45) is 1.73. The minimum atomic E-state index is -2.39. The SMILES string of the molecule is Cn1cc(-c2cc(CCNS(=O)[O-])ccc2Oc2ccc(F)cc2F)c(OC2COC2)cc1=O. The van der Waals surface area contributed by atoms with E-state index in [-0.39, 0.29) is 29.7 Å². The van der Waals surface area contributed by atoms with Crippen molar-refractivity contribution in [1.82, 2.24) is 9.29 Å². The first-order valence-electron chi connectivity index (χ1n) is 10.3. The Kier molecular flexibility index (Phi) is 7.37. The van der Waals surface area contributed by atoms with E-state index >= 15 is 0 Å². The molecule has 1 aromatic heterocycles. The molecule has 11 heteroatoms. The zero-order valence-corrected chi connectivity index (χ0v) is 18.9. The van der Waals surface area contributed by atoms with Gasteiger partial charge in [-0.3, -0.25) is 9.00 Å². The highest BCUT2D eigenvalue weighted by molar-refractivity contribution is 7.77. The molecule has 0 bridgehead atoms. The van der Waals surface area contributed by atoms with Gasteiger partial charge in [0.15, 0.2) is 11.6 Å². The molecule has 2 heterocycles. The van der Waals surface area contributed by atoms with Crippen molar-refractivity contribution in [2.75, 3.05) is 19.8 Å². The van der Waals surface area contributed by atoms with E-state index in [1.165, 1.54) is 16.7 Å². The predicted octanol–water partition coefficient (Wildman–Crippen LogP) is 2.83. The lowest BCUT2D eigenvalue weighted by atomic mass is 10.0. The van der Waals surface area contributed by atoms with E-state index in [1.807, 2.05) is 0 Å². The molecular formula is C23H21F2N2O6S-. The van der Waals surface area contributed by atoms with E-state index in [2.05, 4.69) is 4.72 Å². The number of hydrogen-bond acceptors (Lipinski definition) is 6. The quantitative estimate of drug-likeness (QED) is 0.462. The average Bonchev–Trinajstić information content (AvgIpc) is 2.75. The Labute approximate surface area is 196 Å². The normalized spacial score (nSPS) is 14.5. The van der Waals surface area contributed by atoms with Crippen LogP contribution in [0.2, 0.25) is 0 Å². The van der Waals surface area contributed by atoms with E-state index in [0.717, 1.165) is 17.7 Å². The summed E-state index contributed by atoms with van der Waals surface area (Å²) in [4.78, 5) is 12.3. The van der Waals surface area contributed by atoms with Crippen LogP contribution in [0, 0.1) is 11.6 Å². The third-order valence-corrected chi connectivity index (χ3v) is 5.61. The molecule has 0 aliphatic carbocycles. The molecule has 0 saturated carbocycles. The van der Waals surface area contributed by atoms with Crippen LogP contribution in [0.25, 0.3) is 11.1 Å². The molecule has 2 aromatic carbocycles. The van der Waals surface area contributed by atoms with Crippen molar-refractivity contribution in [3.8, 4) is 28.4 Å². The first kappa shape index (κ1) is 24.0. The highest BCUT2D eigenvalue weighted by Crippen LogP contribution is 2.39. The Balaban J connectivity index is 1.78. The van der Waals surface area contributed by atoms with Crippen molar-refractivity contribution in [2.45, 2.75) is 12.5 Å². The van der Waals surface area contributed by atoms with Crippen LogP contribution in [0.4, 0.5) is 8.78 Å². The molecule has 34 heavy (non-hydrogen) atoms. The number of pyridine rings is 1. The lowest BCUT2D eigenvalue weighted by Crippen LogP contribution is -2.39. The number of nitrogens with one attached hydrogen (secondary N) is 1. The zero-order valence-electron chi connectivity index (χ0n) is 18.1. The van der Waals surface area contributed by atoms with E-state index in [0.29, 0.717) is 36.5 Å². The van der Waals surface area contributed by atoms with Gasteiger partial charge in [-0.15, -0.1) is 0 Å². The van der Waals surface area contributed by atoms with Gasteiger partial charge >= 0.3 is 0 Å². The molecule has 1 aliphatic rings. The summed E-state index contributed by atoms with van der Waals surface area (Å²) in [5.74, 6) is -1.25. The van der Waals surface area contributed by atoms with Crippen LogP contribution in [-0.2, 0) is 29.5 Å².